The molecule has 2 aromatic carbocycles. The van der Waals surface area contributed by atoms with Crippen LogP contribution in [0.15, 0.2) is 48.8 Å². The van der Waals surface area contributed by atoms with Crippen molar-refractivity contribution < 1.29 is 9.59 Å². The molecule has 1 aromatic heterocycles. The Morgan fingerprint density at radius 3 is 2.67 bits per heavy atom. The van der Waals surface area contributed by atoms with Gasteiger partial charge in [0.1, 0.15) is 6.04 Å². The van der Waals surface area contributed by atoms with Gasteiger partial charge in [-0.3, -0.25) is 9.59 Å². The maximum atomic E-state index is 13.0. The van der Waals surface area contributed by atoms with E-state index in [0.717, 1.165) is 22.2 Å². The van der Waals surface area contributed by atoms with Gasteiger partial charge in [0.05, 0.1) is 29.5 Å². The Labute approximate surface area is 139 Å². The van der Waals surface area contributed by atoms with Crippen molar-refractivity contribution >= 4 is 28.5 Å². The third-order valence-corrected chi connectivity index (χ3v) is 4.53. The second-order valence-electron chi connectivity index (χ2n) is 6.22. The first-order valence-corrected chi connectivity index (χ1v) is 7.92. The number of amides is 2. The quantitative estimate of drug-likeness (QED) is 0.682. The van der Waals surface area contributed by atoms with Crippen LogP contribution in [0.2, 0.25) is 0 Å². The fourth-order valence-electron chi connectivity index (χ4n) is 3.37. The van der Waals surface area contributed by atoms with Gasteiger partial charge in [-0.15, -0.1) is 0 Å². The van der Waals surface area contributed by atoms with Crippen LogP contribution in [0.4, 0.5) is 5.69 Å². The number of imide groups is 1. The third-order valence-electron chi connectivity index (χ3n) is 4.53. The normalized spacial score (nSPS) is 17.9. The topological polar surface area (TPSA) is 55.2 Å². The average Bonchev–Trinajstić information content (AvgIpc) is 3.10. The van der Waals surface area contributed by atoms with Gasteiger partial charge in [0.15, 0.2) is 0 Å². The minimum atomic E-state index is -0.536. The summed E-state index contributed by atoms with van der Waals surface area (Å²) in [5.74, 6) is -0.371. The Balaban J connectivity index is 1.76. The number of aromatic nitrogens is 2. The molecule has 0 N–H and O–H groups in total. The van der Waals surface area contributed by atoms with Crippen LogP contribution in [0.3, 0.4) is 0 Å². The molecule has 0 spiro atoms. The Morgan fingerprint density at radius 2 is 1.88 bits per heavy atom. The van der Waals surface area contributed by atoms with Crippen molar-refractivity contribution in [3.8, 4) is 0 Å². The van der Waals surface area contributed by atoms with E-state index in [4.69, 9.17) is 0 Å². The van der Waals surface area contributed by atoms with E-state index >= 15 is 0 Å². The highest BCUT2D eigenvalue weighted by molar-refractivity contribution is 6.22. The van der Waals surface area contributed by atoms with E-state index in [1.807, 2.05) is 56.3 Å². The van der Waals surface area contributed by atoms with Gasteiger partial charge in [-0.2, -0.15) is 0 Å². The van der Waals surface area contributed by atoms with E-state index in [2.05, 4.69) is 4.98 Å². The van der Waals surface area contributed by atoms with Crippen LogP contribution in [0.25, 0.3) is 11.0 Å². The molecule has 24 heavy (non-hydrogen) atoms. The SMILES string of the molecule is Cc1ccc(N2C(=O)C[C@@H](n3cnc4ccccc43)C2=O)c(C)c1. The van der Waals surface area contributed by atoms with Crippen LogP contribution in [-0.4, -0.2) is 21.4 Å². The van der Waals surface area contributed by atoms with Crippen molar-refractivity contribution in [3.63, 3.8) is 0 Å². The minimum Gasteiger partial charge on any atom is -0.317 e. The molecule has 0 saturated carbocycles. The molecular weight excluding hydrogens is 302 g/mol. The molecule has 1 aliphatic rings. The molecule has 5 heteroatoms. The fraction of sp³-hybridized carbons (Fsp3) is 0.211. The van der Waals surface area contributed by atoms with Gasteiger partial charge < -0.3 is 4.57 Å². The summed E-state index contributed by atoms with van der Waals surface area (Å²) in [5.41, 5.74) is 4.39. The number of anilines is 1. The third kappa shape index (κ3) is 2.12. The Morgan fingerprint density at radius 1 is 1.08 bits per heavy atom. The molecule has 0 unspecified atom stereocenters. The number of aryl methyl sites for hydroxylation is 2. The molecule has 5 nitrogen and oxygen atoms in total. The van der Waals surface area contributed by atoms with E-state index in [-0.39, 0.29) is 18.2 Å². The van der Waals surface area contributed by atoms with Crippen LogP contribution >= 0.6 is 0 Å². The number of nitrogens with zero attached hydrogens (tertiary/aromatic N) is 3. The lowest BCUT2D eigenvalue weighted by Crippen LogP contribution is -2.31. The molecule has 1 saturated heterocycles. The number of hydrogen-bond donors (Lipinski definition) is 0. The number of imidazole rings is 1. The minimum absolute atomic E-state index is 0.159. The highest BCUT2D eigenvalue weighted by Gasteiger charge is 2.41. The average molecular weight is 319 g/mol. The zero-order valence-electron chi connectivity index (χ0n) is 13.6. The van der Waals surface area contributed by atoms with Crippen LogP contribution in [-0.2, 0) is 9.59 Å². The number of rotatable bonds is 2. The molecule has 4 rings (SSSR count). The second kappa shape index (κ2) is 5.30. The summed E-state index contributed by atoms with van der Waals surface area (Å²) in [4.78, 5) is 31.1. The van der Waals surface area contributed by atoms with Crippen molar-refractivity contribution in [1.82, 2.24) is 9.55 Å². The molecule has 1 aliphatic heterocycles. The number of fused-ring (bicyclic) bond motifs is 1. The van der Waals surface area contributed by atoms with Gasteiger partial charge in [-0.1, -0.05) is 29.8 Å². The van der Waals surface area contributed by atoms with Crippen LogP contribution in [0.1, 0.15) is 23.6 Å². The lowest BCUT2D eigenvalue weighted by Gasteiger charge is -2.18. The van der Waals surface area contributed by atoms with E-state index in [0.29, 0.717) is 5.69 Å². The lowest BCUT2D eigenvalue weighted by atomic mass is 10.1. The maximum Gasteiger partial charge on any atom is 0.257 e. The summed E-state index contributed by atoms with van der Waals surface area (Å²) < 4.78 is 1.80. The monoisotopic (exact) mass is 319 g/mol. The van der Waals surface area contributed by atoms with Crippen LogP contribution in [0.5, 0.6) is 0 Å². The van der Waals surface area contributed by atoms with Gasteiger partial charge in [-0.25, -0.2) is 9.88 Å². The Hall–Kier alpha value is -2.95. The standard InChI is InChI=1S/C19H17N3O2/c1-12-7-8-15(13(2)9-12)22-18(23)10-17(19(22)24)21-11-20-14-5-3-4-6-16(14)21/h3-9,11,17H,10H2,1-2H3/t17-/m1/s1. The number of para-hydroxylation sites is 2. The summed E-state index contributed by atoms with van der Waals surface area (Å²) in [7, 11) is 0. The zero-order chi connectivity index (χ0) is 16.8. The van der Waals surface area contributed by atoms with Crippen molar-refractivity contribution in [2.45, 2.75) is 26.3 Å². The molecule has 0 bridgehead atoms. The van der Waals surface area contributed by atoms with E-state index in [1.165, 1.54) is 4.90 Å². The first kappa shape index (κ1) is 14.6. The van der Waals surface area contributed by atoms with Crippen molar-refractivity contribution in [1.29, 1.82) is 0 Å². The second-order valence-corrected chi connectivity index (χ2v) is 6.22. The molecule has 1 fully saturated rings. The van der Waals surface area contributed by atoms with Gasteiger partial charge in [-0.05, 0) is 37.6 Å². The van der Waals surface area contributed by atoms with Crippen molar-refractivity contribution in [2.24, 2.45) is 0 Å². The summed E-state index contributed by atoms with van der Waals surface area (Å²) in [6, 6.07) is 12.8. The zero-order valence-corrected chi connectivity index (χ0v) is 13.6. The molecule has 0 aliphatic carbocycles. The lowest BCUT2D eigenvalue weighted by molar-refractivity contribution is -0.122. The molecule has 1 atom stereocenters. The van der Waals surface area contributed by atoms with E-state index in [9.17, 15) is 9.59 Å². The predicted molar refractivity (Wildman–Crippen MR) is 91.8 cm³/mol. The molecule has 2 heterocycles. The maximum absolute atomic E-state index is 13.0. The number of benzene rings is 2. The number of carbonyl (C=O) groups is 2. The van der Waals surface area contributed by atoms with Crippen molar-refractivity contribution in [2.75, 3.05) is 4.90 Å². The van der Waals surface area contributed by atoms with Crippen molar-refractivity contribution in [3.05, 3.63) is 59.9 Å². The number of carbonyl (C=O) groups excluding carboxylic acids is 2. The highest BCUT2D eigenvalue weighted by atomic mass is 16.2. The van der Waals surface area contributed by atoms with Gasteiger partial charge in [0, 0.05) is 0 Å². The number of hydrogen-bond acceptors (Lipinski definition) is 3. The highest BCUT2D eigenvalue weighted by Crippen LogP contribution is 2.33. The Bertz CT molecular complexity index is 974. The molecule has 0 radical (unpaired) electrons. The molecule has 120 valence electrons. The summed E-state index contributed by atoms with van der Waals surface area (Å²) in [5, 5.41) is 0. The molecule has 3 aromatic rings. The van der Waals surface area contributed by atoms with E-state index < -0.39 is 6.04 Å². The fourth-order valence-corrected chi connectivity index (χ4v) is 3.37. The largest absolute Gasteiger partial charge is 0.317 e. The Kier molecular flexibility index (Phi) is 3.23. The van der Waals surface area contributed by atoms with Crippen LogP contribution in [0, 0.1) is 13.8 Å². The predicted octanol–water partition coefficient (Wildman–Crippen LogP) is 3.16. The van der Waals surface area contributed by atoms with Gasteiger partial charge in [0.25, 0.3) is 5.91 Å². The first-order valence-electron chi connectivity index (χ1n) is 7.92. The van der Waals surface area contributed by atoms with Gasteiger partial charge >= 0.3 is 0 Å². The molecule has 2 amide bonds. The van der Waals surface area contributed by atoms with Gasteiger partial charge in [0.2, 0.25) is 5.91 Å². The smallest absolute Gasteiger partial charge is 0.257 e. The molecular formula is C19H17N3O2. The summed E-state index contributed by atoms with van der Waals surface area (Å²) in [6.07, 6.45) is 1.80. The summed E-state index contributed by atoms with van der Waals surface area (Å²) in [6.45, 7) is 3.91. The van der Waals surface area contributed by atoms with E-state index in [1.54, 1.807) is 10.9 Å². The first-order chi connectivity index (χ1) is 11.6. The van der Waals surface area contributed by atoms with Crippen LogP contribution < -0.4 is 4.90 Å². The summed E-state index contributed by atoms with van der Waals surface area (Å²) >= 11 is 0.